The molecule has 10 nitrogen and oxygen atoms in total. The molecule has 0 spiro atoms. The number of carbonyl (C=O) groups is 4. The lowest BCUT2D eigenvalue weighted by Crippen LogP contribution is -2.53. The van der Waals surface area contributed by atoms with Crippen molar-refractivity contribution in [2.24, 2.45) is 5.73 Å². The van der Waals surface area contributed by atoms with Gasteiger partial charge in [0.05, 0.1) is 18.6 Å². The first kappa shape index (κ1) is 26.5. The molecule has 0 radical (unpaired) electrons. The number of rotatable bonds is 11. The molecule has 2 aromatic rings. The van der Waals surface area contributed by atoms with Crippen molar-refractivity contribution < 1.29 is 24.3 Å². The van der Waals surface area contributed by atoms with Crippen LogP contribution in [0.2, 0.25) is 0 Å². The third-order valence-electron chi connectivity index (χ3n) is 5.11. The Morgan fingerprint density at radius 1 is 0.882 bits per heavy atom. The minimum Gasteiger partial charge on any atom is -0.508 e. The molecule has 0 unspecified atom stereocenters. The van der Waals surface area contributed by atoms with Crippen LogP contribution < -0.4 is 27.0 Å². The van der Waals surface area contributed by atoms with Gasteiger partial charge in [0, 0.05) is 0 Å². The van der Waals surface area contributed by atoms with Gasteiger partial charge in [-0.25, -0.2) is 0 Å². The lowest BCUT2D eigenvalue weighted by molar-refractivity contribution is -0.133. The maximum absolute atomic E-state index is 12.4. The third-order valence-corrected chi connectivity index (χ3v) is 5.11. The molecule has 0 aromatic heterocycles. The van der Waals surface area contributed by atoms with E-state index in [1.165, 1.54) is 19.1 Å². The predicted octanol–water partition coefficient (Wildman–Crippen LogP) is -0.644. The summed E-state index contributed by atoms with van der Waals surface area (Å²) >= 11 is 0. The topological polar surface area (TPSA) is 163 Å². The van der Waals surface area contributed by atoms with E-state index < -0.39 is 48.3 Å². The van der Waals surface area contributed by atoms with E-state index >= 15 is 0 Å². The summed E-state index contributed by atoms with van der Waals surface area (Å²) < 4.78 is 0. The first-order valence-corrected chi connectivity index (χ1v) is 10.9. The highest BCUT2D eigenvalue weighted by molar-refractivity contribution is 6.00. The lowest BCUT2D eigenvalue weighted by atomic mass is 10.1. The number of nitrogens with one attached hydrogen (secondary N) is 4. The van der Waals surface area contributed by atoms with Crippen LogP contribution in [0, 0.1) is 0 Å². The Morgan fingerprint density at radius 3 is 2.12 bits per heavy atom. The zero-order valence-corrected chi connectivity index (χ0v) is 19.2. The van der Waals surface area contributed by atoms with Gasteiger partial charge in [-0.05, 0) is 50.1 Å². The van der Waals surface area contributed by atoms with Gasteiger partial charge in [0.1, 0.15) is 11.8 Å². The van der Waals surface area contributed by atoms with Crippen LogP contribution in [0.3, 0.4) is 0 Å². The first-order chi connectivity index (χ1) is 16.2. The summed E-state index contributed by atoms with van der Waals surface area (Å²) in [6, 6.07) is 13.2. The maximum atomic E-state index is 12.4. The number of imide groups is 1. The molecule has 10 heteroatoms. The molecular formula is C24H31N5O5. The van der Waals surface area contributed by atoms with E-state index in [1.807, 2.05) is 30.3 Å². The second-order valence-electron chi connectivity index (χ2n) is 7.87. The summed E-state index contributed by atoms with van der Waals surface area (Å²) in [5.41, 5.74) is 7.59. The van der Waals surface area contributed by atoms with E-state index in [0.29, 0.717) is 6.42 Å². The number of carbonyl (C=O) groups excluding carboxylic acids is 4. The van der Waals surface area contributed by atoms with E-state index in [2.05, 4.69) is 21.3 Å². The van der Waals surface area contributed by atoms with Crippen molar-refractivity contribution in [2.45, 2.75) is 37.9 Å². The molecule has 0 aliphatic rings. The van der Waals surface area contributed by atoms with Crippen LogP contribution in [0.15, 0.2) is 54.6 Å². The van der Waals surface area contributed by atoms with Gasteiger partial charge in [-0.1, -0.05) is 42.5 Å². The smallest absolute Gasteiger partial charge is 0.245 e. The summed E-state index contributed by atoms with van der Waals surface area (Å²) in [5, 5.41) is 19.3. The quantitative estimate of drug-likeness (QED) is 0.255. The summed E-state index contributed by atoms with van der Waals surface area (Å²) in [7, 11) is 1.62. The van der Waals surface area contributed by atoms with E-state index in [1.54, 1.807) is 19.2 Å². The molecule has 4 amide bonds. The molecule has 7 N–H and O–H groups in total. The minimum absolute atomic E-state index is 0.107. The second kappa shape index (κ2) is 13.1. The summed E-state index contributed by atoms with van der Waals surface area (Å²) in [4.78, 5) is 49.0. The zero-order chi connectivity index (χ0) is 25.1. The Hall–Kier alpha value is -3.76. The zero-order valence-electron chi connectivity index (χ0n) is 19.2. The fourth-order valence-corrected chi connectivity index (χ4v) is 3.13. The highest BCUT2D eigenvalue weighted by atomic mass is 16.3. The van der Waals surface area contributed by atoms with Crippen molar-refractivity contribution in [3.63, 3.8) is 0 Å². The van der Waals surface area contributed by atoms with Crippen LogP contribution in [-0.2, 0) is 32.0 Å². The molecule has 0 aliphatic carbocycles. The number of phenols is 1. The Balaban J connectivity index is 1.75. The maximum Gasteiger partial charge on any atom is 0.245 e. The Kier molecular flexibility index (Phi) is 10.2. The van der Waals surface area contributed by atoms with Crippen LogP contribution >= 0.6 is 0 Å². The van der Waals surface area contributed by atoms with E-state index in [4.69, 9.17) is 5.73 Å². The van der Waals surface area contributed by atoms with Gasteiger partial charge >= 0.3 is 0 Å². The van der Waals surface area contributed by atoms with Gasteiger partial charge in [-0.15, -0.1) is 0 Å². The van der Waals surface area contributed by atoms with Crippen molar-refractivity contribution >= 4 is 23.6 Å². The largest absolute Gasteiger partial charge is 0.508 e. The van der Waals surface area contributed by atoms with Crippen molar-refractivity contribution in [1.82, 2.24) is 21.3 Å². The SMILES string of the molecule is CN[C@@H](Cc1ccccc1)C(=O)NC(=O)CNC(=O)[C@@H](C)NC(=O)[C@@H](N)Cc1ccc(O)cc1. The molecule has 0 bridgehead atoms. The Labute approximate surface area is 198 Å². The average molecular weight is 470 g/mol. The van der Waals surface area contributed by atoms with E-state index in [0.717, 1.165) is 11.1 Å². The summed E-state index contributed by atoms with van der Waals surface area (Å²) in [6.45, 7) is 1.03. The number of benzene rings is 2. The molecule has 2 aromatic carbocycles. The molecular weight excluding hydrogens is 438 g/mol. The molecule has 0 aliphatic heterocycles. The van der Waals surface area contributed by atoms with Gasteiger partial charge in [0.2, 0.25) is 23.6 Å². The molecule has 0 fully saturated rings. The predicted molar refractivity (Wildman–Crippen MR) is 127 cm³/mol. The summed E-state index contributed by atoms with van der Waals surface area (Å²) in [5.74, 6) is -2.20. The normalized spacial score (nSPS) is 13.3. The average Bonchev–Trinajstić information content (AvgIpc) is 2.82. The minimum atomic E-state index is -0.940. The number of hydrogen-bond acceptors (Lipinski definition) is 7. The molecule has 0 saturated heterocycles. The van der Waals surface area contributed by atoms with E-state index in [-0.39, 0.29) is 12.2 Å². The lowest BCUT2D eigenvalue weighted by Gasteiger charge is -2.18. The fourth-order valence-electron chi connectivity index (χ4n) is 3.13. The number of amides is 4. The number of likely N-dealkylation sites (N-methyl/N-ethyl adjacent to an activating group) is 1. The van der Waals surface area contributed by atoms with Gasteiger partial charge in [0.25, 0.3) is 0 Å². The van der Waals surface area contributed by atoms with E-state index in [9.17, 15) is 24.3 Å². The van der Waals surface area contributed by atoms with Gasteiger partial charge in [0.15, 0.2) is 0 Å². The molecule has 0 saturated carbocycles. The molecule has 182 valence electrons. The molecule has 3 atom stereocenters. The molecule has 34 heavy (non-hydrogen) atoms. The standard InChI is InChI=1S/C24H31N5O5/c1-15(28-23(33)19(25)12-17-8-10-18(30)11-9-17)22(32)27-14-21(31)29-24(34)20(26-2)13-16-6-4-3-5-7-16/h3-11,15,19-20,26,30H,12-14,25H2,1-2H3,(H,27,32)(H,28,33)(H,29,31,34)/t15-,19+,20+/m1/s1. The highest BCUT2D eigenvalue weighted by Crippen LogP contribution is 2.11. The Bertz CT molecular complexity index is 981. The highest BCUT2D eigenvalue weighted by Gasteiger charge is 2.22. The van der Waals surface area contributed by atoms with Crippen LogP contribution in [0.25, 0.3) is 0 Å². The van der Waals surface area contributed by atoms with Crippen molar-refractivity contribution in [3.05, 3.63) is 65.7 Å². The van der Waals surface area contributed by atoms with Gasteiger partial charge in [-0.3, -0.25) is 24.5 Å². The number of phenolic OH excluding ortho intramolecular Hbond substituents is 1. The van der Waals surface area contributed by atoms with Crippen LogP contribution in [-0.4, -0.2) is 60.5 Å². The molecule has 2 rings (SSSR count). The first-order valence-electron chi connectivity index (χ1n) is 10.9. The van der Waals surface area contributed by atoms with Crippen molar-refractivity contribution in [1.29, 1.82) is 0 Å². The number of hydrogen-bond donors (Lipinski definition) is 6. The second-order valence-corrected chi connectivity index (χ2v) is 7.87. The van der Waals surface area contributed by atoms with Crippen molar-refractivity contribution in [2.75, 3.05) is 13.6 Å². The van der Waals surface area contributed by atoms with Crippen LogP contribution in [0.4, 0.5) is 0 Å². The number of aromatic hydroxyl groups is 1. The van der Waals surface area contributed by atoms with Crippen molar-refractivity contribution in [3.8, 4) is 5.75 Å². The molecule has 0 heterocycles. The van der Waals surface area contributed by atoms with Gasteiger partial charge in [-0.2, -0.15) is 0 Å². The summed E-state index contributed by atoms with van der Waals surface area (Å²) in [6.07, 6.45) is 0.622. The Morgan fingerprint density at radius 2 is 1.50 bits per heavy atom. The van der Waals surface area contributed by atoms with Crippen LogP contribution in [0.5, 0.6) is 5.75 Å². The monoisotopic (exact) mass is 469 g/mol. The van der Waals surface area contributed by atoms with Gasteiger partial charge < -0.3 is 26.8 Å². The fraction of sp³-hybridized carbons (Fsp3) is 0.333. The number of nitrogens with two attached hydrogens (primary N) is 1. The van der Waals surface area contributed by atoms with Crippen LogP contribution in [0.1, 0.15) is 18.1 Å². The third kappa shape index (κ3) is 8.64.